The highest BCUT2D eigenvalue weighted by Gasteiger charge is 2.45. The van der Waals surface area contributed by atoms with Crippen molar-refractivity contribution in [3.05, 3.63) is 215 Å². The summed E-state index contributed by atoms with van der Waals surface area (Å²) >= 11 is 0. The summed E-state index contributed by atoms with van der Waals surface area (Å²) in [6, 6.07) is 56.9. The number of esters is 1. The highest BCUT2D eigenvalue weighted by Crippen LogP contribution is 2.52. The van der Waals surface area contributed by atoms with E-state index in [0.29, 0.717) is 65.4 Å². The van der Waals surface area contributed by atoms with Crippen molar-refractivity contribution in [3.8, 4) is 34.5 Å². The van der Waals surface area contributed by atoms with Gasteiger partial charge in [0.1, 0.15) is 56.4 Å². The topological polar surface area (TPSA) is 100 Å². The first kappa shape index (κ1) is 45.3. The Morgan fingerprint density at radius 3 is 1.41 bits per heavy atom. The van der Waals surface area contributed by atoms with E-state index in [1.165, 1.54) is 6.92 Å². The molecule has 0 radical (unpaired) electrons. The van der Waals surface area contributed by atoms with Crippen LogP contribution in [-0.2, 0) is 52.0 Å². The lowest BCUT2D eigenvalue weighted by Crippen LogP contribution is -2.39. The molecule has 1 aliphatic rings. The van der Waals surface area contributed by atoms with Crippen LogP contribution in [0.5, 0.6) is 34.5 Å². The maximum absolute atomic E-state index is 13.2. The molecular weight excluding hydrogens is 833 g/mol. The van der Waals surface area contributed by atoms with Crippen LogP contribution in [0.15, 0.2) is 176 Å². The highest BCUT2D eigenvalue weighted by atomic mass is 16.6. The summed E-state index contributed by atoms with van der Waals surface area (Å²) < 4.78 is 58.9. The Bertz CT molecular complexity index is 2510. The molecule has 0 fully saturated rings. The van der Waals surface area contributed by atoms with E-state index >= 15 is 0 Å². The monoisotopic (exact) mass is 886 g/mol. The van der Waals surface area contributed by atoms with Crippen molar-refractivity contribution in [2.75, 3.05) is 19.8 Å². The van der Waals surface area contributed by atoms with Gasteiger partial charge in [0.05, 0.1) is 18.8 Å². The normalized spacial score (nSPS) is 15.2. The van der Waals surface area contributed by atoms with Gasteiger partial charge in [-0.1, -0.05) is 152 Å². The predicted molar refractivity (Wildman–Crippen MR) is 251 cm³/mol. The Balaban J connectivity index is 1.26. The first-order chi connectivity index (χ1) is 32.5. The lowest BCUT2D eigenvalue weighted by atomic mass is 9.90. The van der Waals surface area contributed by atoms with E-state index in [0.717, 1.165) is 27.8 Å². The zero-order valence-electron chi connectivity index (χ0n) is 37.2. The van der Waals surface area contributed by atoms with Crippen molar-refractivity contribution in [2.24, 2.45) is 0 Å². The Morgan fingerprint density at radius 1 is 0.515 bits per heavy atom. The number of fused-ring (bicyclic) bond motifs is 1. The average molecular weight is 887 g/mol. The summed E-state index contributed by atoms with van der Waals surface area (Å²) in [7, 11) is 0. The Hall–Kier alpha value is -7.27. The fraction of sp³-hybridized carbons (Fsp3) is 0.232. The first-order valence-corrected chi connectivity index (χ1v) is 22.2. The number of carbonyl (C=O) groups is 1. The summed E-state index contributed by atoms with van der Waals surface area (Å²) in [5, 5.41) is 0. The fourth-order valence-corrected chi connectivity index (χ4v) is 7.61. The lowest BCUT2D eigenvalue weighted by Gasteiger charge is -2.40. The smallest absolute Gasteiger partial charge is 0.303 e. The molecule has 0 aliphatic carbocycles. The average Bonchev–Trinajstić information content (AvgIpc) is 3.36. The van der Waals surface area contributed by atoms with Gasteiger partial charge in [-0.25, -0.2) is 0 Å². The standard InChI is InChI=1S/C56H54O10/c1-3-58-29-30-59-55-52-48(61-36-42-21-11-5-12-22-42)33-47(60-35-41-19-9-4-10-20-41)34-49(52)66-53(56(55)65-40(2)57)46-31-50(62-37-43-23-13-6-14-24-43)54(64-39-45-27-17-8-18-28-45)51(32-46)63-38-44-25-15-7-16-26-44/h4-28,31-34,53,55-56H,3,29-30,35-39H2,1-2H3/t53-,55+,56-/m1/s1. The van der Waals surface area contributed by atoms with Crippen LogP contribution >= 0.6 is 0 Å². The molecule has 10 heteroatoms. The van der Waals surface area contributed by atoms with Crippen LogP contribution in [-0.4, -0.2) is 31.9 Å². The third kappa shape index (κ3) is 12.3. The van der Waals surface area contributed by atoms with Crippen molar-refractivity contribution in [1.82, 2.24) is 0 Å². The van der Waals surface area contributed by atoms with Gasteiger partial charge in [0.2, 0.25) is 5.75 Å². The minimum absolute atomic E-state index is 0.190. The van der Waals surface area contributed by atoms with Gasteiger partial charge in [0, 0.05) is 31.2 Å². The molecule has 1 aliphatic heterocycles. The van der Waals surface area contributed by atoms with E-state index in [1.54, 1.807) is 0 Å². The summed E-state index contributed by atoms with van der Waals surface area (Å²) in [4.78, 5) is 13.2. The van der Waals surface area contributed by atoms with Crippen molar-refractivity contribution in [2.45, 2.75) is 65.2 Å². The van der Waals surface area contributed by atoms with Crippen molar-refractivity contribution in [1.29, 1.82) is 0 Å². The van der Waals surface area contributed by atoms with Gasteiger partial charge in [-0.2, -0.15) is 0 Å². The number of hydrogen-bond donors (Lipinski definition) is 0. The van der Waals surface area contributed by atoms with Gasteiger partial charge in [-0.15, -0.1) is 0 Å². The number of hydrogen-bond acceptors (Lipinski definition) is 10. The Labute approximate surface area is 386 Å². The van der Waals surface area contributed by atoms with E-state index < -0.39 is 24.3 Å². The SMILES string of the molecule is CCOCCO[C@H]1c2c(OCc3ccccc3)cc(OCc3ccccc3)cc2O[C@H](c2cc(OCc3ccccc3)c(OCc3ccccc3)c(OCc3ccccc3)c2)[C@H]1OC(C)=O. The molecule has 10 nitrogen and oxygen atoms in total. The molecular formula is C56H54O10. The molecule has 0 spiro atoms. The molecule has 66 heavy (non-hydrogen) atoms. The highest BCUT2D eigenvalue weighted by molar-refractivity contribution is 5.67. The van der Waals surface area contributed by atoms with E-state index in [4.69, 9.17) is 42.6 Å². The molecule has 8 rings (SSSR count). The van der Waals surface area contributed by atoms with Gasteiger partial charge in [0.25, 0.3) is 0 Å². The van der Waals surface area contributed by atoms with Crippen LogP contribution in [0.4, 0.5) is 0 Å². The van der Waals surface area contributed by atoms with Crippen molar-refractivity contribution < 1.29 is 47.4 Å². The van der Waals surface area contributed by atoms with Crippen molar-refractivity contribution >= 4 is 5.97 Å². The summed E-state index contributed by atoms with van der Waals surface area (Å²) in [6.07, 6.45) is -2.86. The molecule has 0 unspecified atom stereocenters. The molecule has 0 saturated heterocycles. The summed E-state index contributed by atoms with van der Waals surface area (Å²) in [5.74, 6) is 2.11. The number of benzene rings is 7. The molecule has 7 aromatic rings. The molecule has 3 atom stereocenters. The summed E-state index contributed by atoms with van der Waals surface area (Å²) in [5.41, 5.74) is 5.99. The minimum Gasteiger partial charge on any atom is -0.489 e. The predicted octanol–water partition coefficient (Wildman–Crippen LogP) is 11.7. The van der Waals surface area contributed by atoms with E-state index in [9.17, 15) is 4.79 Å². The van der Waals surface area contributed by atoms with Crippen LogP contribution in [0, 0.1) is 0 Å². The second-order valence-corrected chi connectivity index (χ2v) is 15.7. The fourth-order valence-electron chi connectivity index (χ4n) is 7.61. The molecule has 0 bridgehead atoms. The van der Waals surface area contributed by atoms with Gasteiger partial charge in [0.15, 0.2) is 23.7 Å². The van der Waals surface area contributed by atoms with E-state index in [2.05, 4.69) is 0 Å². The van der Waals surface area contributed by atoms with Crippen LogP contribution < -0.4 is 28.4 Å². The molecule has 0 N–H and O–H groups in total. The number of carbonyl (C=O) groups excluding carboxylic acids is 1. The molecule has 7 aromatic carbocycles. The largest absolute Gasteiger partial charge is 0.489 e. The molecule has 0 aromatic heterocycles. The van der Waals surface area contributed by atoms with Crippen LogP contribution in [0.25, 0.3) is 0 Å². The Morgan fingerprint density at radius 2 is 0.955 bits per heavy atom. The number of ether oxygens (including phenoxy) is 9. The van der Waals surface area contributed by atoms with Crippen LogP contribution in [0.2, 0.25) is 0 Å². The molecule has 0 amide bonds. The third-order valence-electron chi connectivity index (χ3n) is 10.8. The molecule has 338 valence electrons. The lowest BCUT2D eigenvalue weighted by molar-refractivity contribution is -0.171. The van der Waals surface area contributed by atoms with Crippen LogP contribution in [0.3, 0.4) is 0 Å². The second kappa shape index (κ2) is 23.1. The van der Waals surface area contributed by atoms with Crippen molar-refractivity contribution in [3.63, 3.8) is 0 Å². The minimum atomic E-state index is -1.02. The zero-order chi connectivity index (χ0) is 45.3. The quantitative estimate of drug-likeness (QED) is 0.0483. The molecule has 1 heterocycles. The number of rotatable bonds is 22. The second-order valence-electron chi connectivity index (χ2n) is 15.7. The van der Waals surface area contributed by atoms with Gasteiger partial charge >= 0.3 is 5.97 Å². The van der Waals surface area contributed by atoms with Gasteiger partial charge < -0.3 is 42.6 Å². The van der Waals surface area contributed by atoms with E-state index in [1.807, 2.05) is 183 Å². The van der Waals surface area contributed by atoms with Crippen LogP contribution in [0.1, 0.15) is 65.0 Å². The zero-order valence-corrected chi connectivity index (χ0v) is 37.2. The third-order valence-corrected chi connectivity index (χ3v) is 10.8. The van der Waals surface area contributed by atoms with Gasteiger partial charge in [-0.05, 0) is 46.9 Å². The first-order valence-electron chi connectivity index (χ1n) is 22.2. The van der Waals surface area contributed by atoms with E-state index in [-0.39, 0.29) is 33.0 Å². The Kier molecular flexibility index (Phi) is 15.8. The van der Waals surface area contributed by atoms with Gasteiger partial charge in [-0.3, -0.25) is 4.79 Å². The maximum Gasteiger partial charge on any atom is 0.303 e. The summed E-state index contributed by atoms with van der Waals surface area (Å²) in [6.45, 7) is 5.58. The maximum atomic E-state index is 13.2. The molecule has 0 saturated carbocycles.